The van der Waals surface area contributed by atoms with Crippen molar-refractivity contribution in [1.82, 2.24) is 0 Å². The first-order valence-corrected chi connectivity index (χ1v) is 4.96. The summed E-state index contributed by atoms with van der Waals surface area (Å²) in [5.74, 6) is -0.960. The van der Waals surface area contributed by atoms with Gasteiger partial charge in [0.1, 0.15) is 5.88 Å². The van der Waals surface area contributed by atoms with Crippen LogP contribution in [0.1, 0.15) is 10.4 Å². The first kappa shape index (κ1) is 12.3. The fourth-order valence-electron chi connectivity index (χ4n) is 1.23. The predicted molar refractivity (Wildman–Crippen MR) is 60.9 cm³/mol. The van der Waals surface area contributed by atoms with Crippen LogP contribution in [0.3, 0.4) is 0 Å². The number of nitrogens with one attached hydrogen (secondary N) is 1. The van der Waals surface area contributed by atoms with Gasteiger partial charge in [-0.3, -0.25) is 9.59 Å². The molecule has 6 heteroatoms. The second kappa shape index (κ2) is 5.37. The first-order chi connectivity index (χ1) is 7.60. The van der Waals surface area contributed by atoms with Gasteiger partial charge < -0.3 is 15.8 Å². The summed E-state index contributed by atoms with van der Waals surface area (Å²) in [5.41, 5.74) is 5.73. The molecule has 0 aliphatic carbocycles. The highest BCUT2D eigenvalue weighted by molar-refractivity contribution is 6.29. The highest BCUT2D eigenvalue weighted by Gasteiger charge is 2.14. The van der Waals surface area contributed by atoms with Gasteiger partial charge in [0.15, 0.2) is 5.75 Å². The van der Waals surface area contributed by atoms with Gasteiger partial charge in [-0.15, -0.1) is 11.6 Å². The Balaban J connectivity index is 3.13. The van der Waals surface area contributed by atoms with Crippen LogP contribution in [0.5, 0.6) is 5.75 Å². The summed E-state index contributed by atoms with van der Waals surface area (Å²) in [6, 6.07) is 4.69. The van der Waals surface area contributed by atoms with Crippen molar-refractivity contribution >= 4 is 29.1 Å². The van der Waals surface area contributed by atoms with Gasteiger partial charge in [-0.1, -0.05) is 6.07 Å². The molecule has 0 spiro atoms. The van der Waals surface area contributed by atoms with Crippen molar-refractivity contribution in [2.24, 2.45) is 5.73 Å². The molecule has 0 bridgehead atoms. The van der Waals surface area contributed by atoms with E-state index < -0.39 is 5.91 Å². The van der Waals surface area contributed by atoms with Crippen LogP contribution in [0, 0.1) is 0 Å². The van der Waals surface area contributed by atoms with Gasteiger partial charge in [-0.2, -0.15) is 0 Å². The molecule has 86 valence electrons. The lowest BCUT2D eigenvalue weighted by atomic mass is 10.1. The minimum atomic E-state index is -0.626. The molecule has 0 heterocycles. The molecule has 0 radical (unpaired) electrons. The van der Waals surface area contributed by atoms with Gasteiger partial charge in [-0.25, -0.2) is 0 Å². The van der Waals surface area contributed by atoms with Gasteiger partial charge in [0.25, 0.3) is 5.91 Å². The van der Waals surface area contributed by atoms with Crippen LogP contribution in [0.4, 0.5) is 5.69 Å². The van der Waals surface area contributed by atoms with Crippen molar-refractivity contribution in [2.75, 3.05) is 18.3 Å². The summed E-state index contributed by atoms with van der Waals surface area (Å²) >= 11 is 5.36. The van der Waals surface area contributed by atoms with Gasteiger partial charge >= 0.3 is 0 Å². The number of anilines is 1. The molecule has 0 atom stereocenters. The third-order valence-corrected chi connectivity index (χ3v) is 2.12. The van der Waals surface area contributed by atoms with Gasteiger partial charge in [-0.05, 0) is 12.1 Å². The lowest BCUT2D eigenvalue weighted by Crippen LogP contribution is -2.16. The van der Waals surface area contributed by atoms with Crippen molar-refractivity contribution in [3.8, 4) is 5.75 Å². The zero-order valence-electron chi connectivity index (χ0n) is 8.62. The Morgan fingerprint density at radius 1 is 1.50 bits per heavy atom. The predicted octanol–water partition coefficient (Wildman–Crippen LogP) is 0.971. The summed E-state index contributed by atoms with van der Waals surface area (Å²) < 4.78 is 5.02. The molecule has 1 rings (SSSR count). The zero-order chi connectivity index (χ0) is 12.1. The number of carbonyl (C=O) groups excluding carboxylic acids is 2. The number of halogens is 1. The Bertz CT molecular complexity index is 421. The number of nitrogens with two attached hydrogens (primary N) is 1. The van der Waals surface area contributed by atoms with Gasteiger partial charge in [0, 0.05) is 0 Å². The third-order valence-electron chi connectivity index (χ3n) is 1.88. The molecule has 0 unspecified atom stereocenters. The van der Waals surface area contributed by atoms with Crippen molar-refractivity contribution in [3.63, 3.8) is 0 Å². The largest absolute Gasteiger partial charge is 0.494 e. The maximum Gasteiger partial charge on any atom is 0.252 e. The number of hydrogen-bond donors (Lipinski definition) is 2. The second-order valence-electron chi connectivity index (χ2n) is 2.93. The number of ether oxygens (including phenoxy) is 1. The number of alkyl halides is 1. The van der Waals surface area contributed by atoms with E-state index in [1.54, 1.807) is 12.1 Å². The average Bonchev–Trinajstić information content (AvgIpc) is 2.28. The van der Waals surface area contributed by atoms with Crippen LogP contribution in [0.25, 0.3) is 0 Å². The Hall–Kier alpha value is -1.75. The lowest BCUT2D eigenvalue weighted by Gasteiger charge is -2.11. The Morgan fingerprint density at radius 3 is 2.69 bits per heavy atom. The van der Waals surface area contributed by atoms with Gasteiger partial charge in [0.2, 0.25) is 5.91 Å². The van der Waals surface area contributed by atoms with E-state index in [1.807, 2.05) is 0 Å². The molecule has 0 aliphatic rings. The molecule has 16 heavy (non-hydrogen) atoms. The fourth-order valence-corrected chi connectivity index (χ4v) is 1.30. The summed E-state index contributed by atoms with van der Waals surface area (Å²) in [4.78, 5) is 22.2. The normalized spacial score (nSPS) is 9.62. The fraction of sp³-hybridized carbons (Fsp3) is 0.200. The molecule has 0 aromatic heterocycles. The minimum Gasteiger partial charge on any atom is -0.494 e. The number of primary amides is 1. The van der Waals surface area contributed by atoms with Crippen LogP contribution >= 0.6 is 11.6 Å². The highest BCUT2D eigenvalue weighted by atomic mass is 35.5. The SMILES string of the molecule is COc1c(NC(=O)CCl)cccc1C(N)=O. The zero-order valence-corrected chi connectivity index (χ0v) is 9.38. The van der Waals surface area contributed by atoms with Crippen molar-refractivity contribution in [2.45, 2.75) is 0 Å². The molecule has 2 amide bonds. The number of rotatable bonds is 4. The molecule has 0 saturated carbocycles. The maximum absolute atomic E-state index is 11.1. The van der Waals surface area contributed by atoms with Crippen LogP contribution < -0.4 is 15.8 Å². The summed E-state index contributed by atoms with van der Waals surface area (Å²) in [5, 5.41) is 2.50. The number of hydrogen-bond acceptors (Lipinski definition) is 3. The minimum absolute atomic E-state index is 0.177. The number of para-hydroxylation sites is 1. The van der Waals surface area contributed by atoms with E-state index in [1.165, 1.54) is 13.2 Å². The molecule has 0 aliphatic heterocycles. The van der Waals surface area contributed by atoms with E-state index >= 15 is 0 Å². The van der Waals surface area contributed by atoms with Crippen molar-refractivity contribution < 1.29 is 14.3 Å². The molecule has 0 saturated heterocycles. The number of benzene rings is 1. The van der Waals surface area contributed by atoms with Crippen LogP contribution in [-0.4, -0.2) is 24.8 Å². The number of amides is 2. The first-order valence-electron chi connectivity index (χ1n) is 4.42. The second-order valence-corrected chi connectivity index (χ2v) is 3.20. The summed E-state index contributed by atoms with van der Waals surface area (Å²) in [7, 11) is 1.39. The molecule has 1 aromatic rings. The molecular weight excluding hydrogens is 232 g/mol. The Labute approximate surface area is 97.5 Å². The Kier molecular flexibility index (Phi) is 4.13. The molecule has 5 nitrogen and oxygen atoms in total. The van der Waals surface area contributed by atoms with Crippen LogP contribution in [0.2, 0.25) is 0 Å². The van der Waals surface area contributed by atoms with E-state index in [-0.39, 0.29) is 23.1 Å². The van der Waals surface area contributed by atoms with E-state index in [4.69, 9.17) is 22.1 Å². The van der Waals surface area contributed by atoms with E-state index in [0.717, 1.165) is 0 Å². The van der Waals surface area contributed by atoms with Crippen molar-refractivity contribution in [1.29, 1.82) is 0 Å². The third kappa shape index (κ3) is 2.64. The monoisotopic (exact) mass is 242 g/mol. The smallest absolute Gasteiger partial charge is 0.252 e. The lowest BCUT2D eigenvalue weighted by molar-refractivity contribution is -0.113. The van der Waals surface area contributed by atoms with Gasteiger partial charge in [0.05, 0.1) is 18.4 Å². The van der Waals surface area contributed by atoms with E-state index in [0.29, 0.717) is 5.69 Å². The number of methoxy groups -OCH3 is 1. The topological polar surface area (TPSA) is 81.4 Å². The summed E-state index contributed by atoms with van der Waals surface area (Å²) in [6.45, 7) is 0. The molecule has 3 N–H and O–H groups in total. The molecule has 1 aromatic carbocycles. The number of carbonyl (C=O) groups is 2. The van der Waals surface area contributed by atoms with E-state index in [2.05, 4.69) is 5.32 Å². The molecule has 0 fully saturated rings. The highest BCUT2D eigenvalue weighted by Crippen LogP contribution is 2.28. The summed E-state index contributed by atoms with van der Waals surface area (Å²) in [6.07, 6.45) is 0. The van der Waals surface area contributed by atoms with Crippen LogP contribution in [-0.2, 0) is 4.79 Å². The quantitative estimate of drug-likeness (QED) is 0.772. The average molecular weight is 243 g/mol. The Morgan fingerprint density at radius 2 is 2.19 bits per heavy atom. The van der Waals surface area contributed by atoms with Crippen LogP contribution in [0.15, 0.2) is 18.2 Å². The molecular formula is C10H11ClN2O3. The standard InChI is InChI=1S/C10H11ClN2O3/c1-16-9-6(10(12)15)3-2-4-7(9)13-8(14)5-11/h2-4H,5H2,1H3,(H2,12,15)(H,13,14). The van der Waals surface area contributed by atoms with Crippen molar-refractivity contribution in [3.05, 3.63) is 23.8 Å². The maximum atomic E-state index is 11.1. The van der Waals surface area contributed by atoms with E-state index in [9.17, 15) is 9.59 Å².